The number of fused-ring (bicyclic) bond motifs is 9. The molecule has 2 aliphatic heterocycles. The van der Waals surface area contributed by atoms with Crippen LogP contribution in [0.25, 0.3) is 22.2 Å². The lowest BCUT2D eigenvalue weighted by atomic mass is 9.68. The first-order valence-corrected chi connectivity index (χ1v) is 12.7. The van der Waals surface area contributed by atoms with Crippen molar-refractivity contribution in [1.82, 2.24) is 24.4 Å². The van der Waals surface area contributed by atoms with Crippen molar-refractivity contribution in [1.29, 1.82) is 0 Å². The zero-order valence-corrected chi connectivity index (χ0v) is 21.2. The molecule has 2 N–H and O–H groups in total. The molecule has 1 saturated carbocycles. The Balaban J connectivity index is 1.33. The largest absolute Gasteiger partial charge is 0.434 e. The summed E-state index contributed by atoms with van der Waals surface area (Å²) in [6, 6.07) is 9.62. The van der Waals surface area contributed by atoms with Crippen LogP contribution in [0.3, 0.4) is 0 Å². The molecule has 2 atom stereocenters. The summed E-state index contributed by atoms with van der Waals surface area (Å²) in [5.41, 5.74) is 1.62. The zero-order valence-electron chi connectivity index (χ0n) is 21.2. The van der Waals surface area contributed by atoms with E-state index in [1.54, 1.807) is 43.4 Å². The van der Waals surface area contributed by atoms with Gasteiger partial charge in [-0.2, -0.15) is 8.78 Å². The van der Waals surface area contributed by atoms with Crippen LogP contribution >= 0.6 is 0 Å². The van der Waals surface area contributed by atoms with E-state index in [1.807, 2.05) is 22.8 Å². The zero-order chi connectivity index (χ0) is 27.3. The van der Waals surface area contributed by atoms with Crippen molar-refractivity contribution in [2.75, 3.05) is 7.05 Å². The number of carbonyl (C=O) groups is 1. The maximum Gasteiger partial charge on any atom is 0.387 e. The number of nitrogens with zero attached hydrogens (tertiary/aromatic N) is 5. The minimum absolute atomic E-state index is 0.0161. The third-order valence-electron chi connectivity index (χ3n) is 8.15. The second-order valence-corrected chi connectivity index (χ2v) is 11.0. The number of alkyl halides is 2. The third kappa shape index (κ3) is 3.56. The van der Waals surface area contributed by atoms with Crippen molar-refractivity contribution >= 4 is 16.9 Å². The first-order chi connectivity index (χ1) is 18.5. The van der Waals surface area contributed by atoms with E-state index in [2.05, 4.69) is 9.97 Å². The molecular weight excluding hydrogens is 508 g/mol. The fourth-order valence-electron chi connectivity index (χ4n) is 6.54. The molecule has 0 spiro atoms. The molecule has 2 aromatic carbocycles. The lowest BCUT2D eigenvalue weighted by Crippen LogP contribution is -2.53. The van der Waals surface area contributed by atoms with Crippen LogP contribution in [0.2, 0.25) is 0 Å². The highest BCUT2D eigenvalue weighted by atomic mass is 19.3. The third-order valence-corrected chi connectivity index (χ3v) is 8.15. The first kappa shape index (κ1) is 24.1. The highest BCUT2D eigenvalue weighted by molar-refractivity contribution is 5.98. The predicted molar refractivity (Wildman–Crippen MR) is 135 cm³/mol. The van der Waals surface area contributed by atoms with Gasteiger partial charge in [-0.25, -0.2) is 15.0 Å². The first-order valence-electron chi connectivity index (χ1n) is 12.7. The van der Waals surface area contributed by atoms with Crippen molar-refractivity contribution in [2.24, 2.45) is 0 Å². The van der Waals surface area contributed by atoms with Gasteiger partial charge in [0.15, 0.2) is 5.82 Å². The average molecular weight is 534 g/mol. The van der Waals surface area contributed by atoms with E-state index in [9.17, 15) is 23.8 Å². The van der Waals surface area contributed by atoms with E-state index >= 15 is 0 Å². The highest BCUT2D eigenvalue weighted by Crippen LogP contribution is 2.50. The number of rotatable bonds is 4. The van der Waals surface area contributed by atoms with Gasteiger partial charge in [0.05, 0.1) is 28.7 Å². The summed E-state index contributed by atoms with van der Waals surface area (Å²) in [4.78, 5) is 28.5. The van der Waals surface area contributed by atoms with Gasteiger partial charge in [-0.05, 0) is 36.8 Å². The monoisotopic (exact) mass is 533 g/mol. The molecule has 3 aliphatic rings. The molecule has 2 bridgehead atoms. The number of hydrogen-bond acceptors (Lipinski definition) is 7. The van der Waals surface area contributed by atoms with Crippen LogP contribution in [-0.4, -0.2) is 59.8 Å². The lowest BCUT2D eigenvalue weighted by molar-refractivity contribution is -0.180. The van der Waals surface area contributed by atoms with Gasteiger partial charge in [-0.1, -0.05) is 12.1 Å². The molecule has 11 heteroatoms. The number of imidazole rings is 1. The van der Waals surface area contributed by atoms with Crippen molar-refractivity contribution in [2.45, 2.75) is 56.1 Å². The smallest absolute Gasteiger partial charge is 0.387 e. The topological polar surface area (TPSA) is 114 Å². The molecule has 2 aromatic heterocycles. The number of carbonyl (C=O) groups excluding carboxylic acids is 1. The van der Waals surface area contributed by atoms with Gasteiger partial charge in [0.1, 0.15) is 17.2 Å². The van der Waals surface area contributed by atoms with Gasteiger partial charge in [0, 0.05) is 55.4 Å². The van der Waals surface area contributed by atoms with Crippen molar-refractivity contribution in [3.63, 3.8) is 0 Å². The van der Waals surface area contributed by atoms with E-state index in [0.717, 1.165) is 16.6 Å². The van der Waals surface area contributed by atoms with Gasteiger partial charge in [-0.15, -0.1) is 0 Å². The Morgan fingerprint density at radius 2 is 1.82 bits per heavy atom. The van der Waals surface area contributed by atoms with E-state index in [1.165, 1.54) is 6.07 Å². The summed E-state index contributed by atoms with van der Waals surface area (Å²) >= 11 is 0. The van der Waals surface area contributed by atoms with Gasteiger partial charge in [0.25, 0.3) is 5.91 Å². The fourth-order valence-corrected chi connectivity index (χ4v) is 6.54. The van der Waals surface area contributed by atoms with E-state index in [-0.39, 0.29) is 36.4 Å². The minimum Gasteiger partial charge on any atom is -0.434 e. The second-order valence-electron chi connectivity index (χ2n) is 11.0. The molecule has 200 valence electrons. The van der Waals surface area contributed by atoms with Crippen molar-refractivity contribution in [3.05, 3.63) is 71.6 Å². The normalized spacial score (nSPS) is 27.4. The summed E-state index contributed by atoms with van der Waals surface area (Å²) in [5, 5.41) is 20.8. The molecule has 7 rings (SSSR count). The van der Waals surface area contributed by atoms with E-state index in [4.69, 9.17) is 9.72 Å². The number of amides is 1. The molecule has 39 heavy (non-hydrogen) atoms. The van der Waals surface area contributed by atoms with Crippen LogP contribution in [0.4, 0.5) is 8.78 Å². The molecule has 0 saturated heterocycles. The Hall–Kier alpha value is -3.96. The van der Waals surface area contributed by atoms with E-state index < -0.39 is 23.9 Å². The number of hydrogen-bond donors (Lipinski definition) is 2. The molecule has 1 fully saturated rings. The maximum atomic E-state index is 13.3. The van der Waals surface area contributed by atoms with Gasteiger partial charge >= 0.3 is 6.61 Å². The summed E-state index contributed by atoms with van der Waals surface area (Å²) in [6.45, 7) is -1.36. The van der Waals surface area contributed by atoms with Gasteiger partial charge in [-0.3, -0.25) is 4.79 Å². The second kappa shape index (κ2) is 8.03. The molecule has 0 radical (unpaired) electrons. The number of ether oxygens (including phenoxy) is 1. The fraction of sp³-hybridized carbons (Fsp3) is 0.357. The quantitative estimate of drug-likeness (QED) is 0.408. The summed E-state index contributed by atoms with van der Waals surface area (Å²) < 4.78 is 33.5. The summed E-state index contributed by atoms with van der Waals surface area (Å²) in [6.07, 6.45) is 4.10. The number of aliphatic hydroxyl groups is 2. The number of halogens is 2. The number of benzene rings is 2. The van der Waals surface area contributed by atoms with Crippen LogP contribution in [0, 0.1) is 0 Å². The standard InChI is InChI=1S/C28H25F2N5O4/c1-27(37)12-28(38,13-27)25-31-10-15(11-32-25)14-6-7-17-18(8-14)35-19-9-20(23(35)33-17)34(2)24(36)16-4-3-5-21(22(16)19)39-26(29)30/h3-8,10-11,19-20,26,37-38H,9,12-13H2,1-2H3/t19-,20+,27-,28+/m1/s1. The maximum absolute atomic E-state index is 13.3. The van der Waals surface area contributed by atoms with Crippen LogP contribution in [-0.2, 0) is 5.60 Å². The van der Waals surface area contributed by atoms with Gasteiger partial charge in [0.2, 0.25) is 0 Å². The van der Waals surface area contributed by atoms with Crippen molar-refractivity contribution in [3.8, 4) is 16.9 Å². The Kier molecular flexibility index (Phi) is 4.96. The summed E-state index contributed by atoms with van der Waals surface area (Å²) in [7, 11) is 1.70. The van der Waals surface area contributed by atoms with E-state index in [0.29, 0.717) is 28.9 Å². The molecule has 0 unspecified atom stereocenters. The molecule has 9 nitrogen and oxygen atoms in total. The molecular formula is C28H25F2N5O4. The number of aromatic nitrogens is 4. The minimum atomic E-state index is -3.03. The Bertz CT molecular complexity index is 1640. The summed E-state index contributed by atoms with van der Waals surface area (Å²) in [5.74, 6) is 0.678. The van der Waals surface area contributed by atoms with Crippen molar-refractivity contribution < 1.29 is 28.5 Å². The Morgan fingerprint density at radius 1 is 1.08 bits per heavy atom. The molecule has 4 heterocycles. The molecule has 1 aliphatic carbocycles. The lowest BCUT2D eigenvalue weighted by Gasteiger charge is -2.46. The molecule has 4 aromatic rings. The van der Waals surface area contributed by atoms with Crippen LogP contribution in [0.15, 0.2) is 48.8 Å². The van der Waals surface area contributed by atoms with Crippen LogP contribution in [0.1, 0.15) is 65.8 Å². The highest BCUT2D eigenvalue weighted by Gasteiger charge is 2.53. The van der Waals surface area contributed by atoms with Crippen LogP contribution in [0.5, 0.6) is 5.75 Å². The average Bonchev–Trinajstić information content (AvgIpc) is 3.40. The SMILES string of the molecule is CN1C(=O)c2cccc(OC(F)F)c2[C@H]2C[C@H]1c1nc3ccc(-c4cnc([C@]5(O)C[C@@](C)(O)C5)nc4)cc3n12. The Labute approximate surface area is 221 Å². The Morgan fingerprint density at radius 3 is 2.51 bits per heavy atom. The predicted octanol–water partition coefficient (Wildman–Crippen LogP) is 3.95. The van der Waals surface area contributed by atoms with Gasteiger partial charge < -0.3 is 24.4 Å². The van der Waals surface area contributed by atoms with Crippen LogP contribution < -0.4 is 4.74 Å². The molecule has 1 amide bonds.